The Hall–Kier alpha value is -3.18. The summed E-state index contributed by atoms with van der Waals surface area (Å²) < 4.78 is 2.21. The van der Waals surface area contributed by atoms with E-state index in [2.05, 4.69) is 88.4 Å². The Balaban J connectivity index is 1.45. The zero-order chi connectivity index (χ0) is 20.3. The van der Waals surface area contributed by atoms with Gasteiger partial charge in [0.2, 0.25) is 0 Å². The zero-order valence-corrected chi connectivity index (χ0v) is 17.6. The quantitative estimate of drug-likeness (QED) is 0.259. The molecule has 0 aliphatic rings. The van der Waals surface area contributed by atoms with E-state index in [1.165, 1.54) is 21.7 Å². The fourth-order valence-corrected chi connectivity index (χ4v) is 4.84. The third kappa shape index (κ3) is 3.57. The second-order valence-electron chi connectivity index (χ2n) is 7.22. The molecule has 0 saturated carbocycles. The molecule has 4 nitrogen and oxygen atoms in total. The normalized spacial score (nSPS) is 11.4. The molecule has 2 heterocycles. The van der Waals surface area contributed by atoms with Crippen LogP contribution < -0.4 is 0 Å². The van der Waals surface area contributed by atoms with Crippen molar-refractivity contribution in [3.63, 3.8) is 0 Å². The number of benzene rings is 3. The molecule has 0 bridgehead atoms. The summed E-state index contributed by atoms with van der Waals surface area (Å²) in [4.78, 5) is 4.97. The first-order chi connectivity index (χ1) is 14.8. The van der Waals surface area contributed by atoms with Crippen LogP contribution in [-0.4, -0.2) is 19.7 Å². The highest BCUT2D eigenvalue weighted by atomic mass is 32.2. The van der Waals surface area contributed by atoms with E-state index in [-0.39, 0.29) is 0 Å². The van der Waals surface area contributed by atoms with Crippen molar-refractivity contribution < 1.29 is 0 Å². The Morgan fingerprint density at radius 3 is 2.27 bits per heavy atom. The predicted octanol–water partition coefficient (Wildman–Crippen LogP) is 5.88. The molecule has 148 valence electrons. The molecule has 5 heteroatoms. The van der Waals surface area contributed by atoms with E-state index in [1.54, 1.807) is 11.8 Å². The van der Waals surface area contributed by atoms with Gasteiger partial charge in [0.15, 0.2) is 5.16 Å². The summed E-state index contributed by atoms with van der Waals surface area (Å²) in [5, 5.41) is 13.6. The number of pyridine rings is 1. The summed E-state index contributed by atoms with van der Waals surface area (Å²) in [5.41, 5.74) is 3.37. The monoisotopic (exact) mass is 410 g/mol. The van der Waals surface area contributed by atoms with E-state index in [0.717, 1.165) is 40.9 Å². The Morgan fingerprint density at radius 2 is 1.47 bits per heavy atom. The highest BCUT2D eigenvalue weighted by Gasteiger charge is 2.14. The van der Waals surface area contributed by atoms with Crippen molar-refractivity contribution in [2.24, 2.45) is 0 Å². The molecule has 0 atom stereocenters. The van der Waals surface area contributed by atoms with Gasteiger partial charge in [-0.1, -0.05) is 84.6 Å². The maximum absolute atomic E-state index is 4.97. The largest absolute Gasteiger partial charge is 0.306 e. The fraction of sp³-hybridized carbons (Fsp3) is 0.160. The van der Waals surface area contributed by atoms with Gasteiger partial charge in [-0.05, 0) is 23.9 Å². The minimum Gasteiger partial charge on any atom is -0.306 e. The molecule has 3 aromatic carbocycles. The first-order valence-corrected chi connectivity index (χ1v) is 11.2. The Morgan fingerprint density at radius 1 is 0.767 bits per heavy atom. The summed E-state index contributed by atoms with van der Waals surface area (Å²) in [6.45, 7) is 3.00. The van der Waals surface area contributed by atoms with E-state index in [0.29, 0.717) is 0 Å². The van der Waals surface area contributed by atoms with Crippen LogP contribution in [0.3, 0.4) is 0 Å². The van der Waals surface area contributed by atoms with Crippen molar-refractivity contribution in [2.45, 2.75) is 30.8 Å². The molecule has 0 spiro atoms. The van der Waals surface area contributed by atoms with Crippen molar-refractivity contribution in [1.29, 1.82) is 0 Å². The van der Waals surface area contributed by atoms with Crippen LogP contribution in [0.4, 0.5) is 0 Å². The first-order valence-electron chi connectivity index (χ1n) is 10.2. The van der Waals surface area contributed by atoms with Gasteiger partial charge in [-0.25, -0.2) is 0 Å². The second-order valence-corrected chi connectivity index (χ2v) is 8.16. The maximum atomic E-state index is 4.97. The number of para-hydroxylation sites is 1. The van der Waals surface area contributed by atoms with Crippen LogP contribution in [0.5, 0.6) is 0 Å². The van der Waals surface area contributed by atoms with Gasteiger partial charge in [0.25, 0.3) is 0 Å². The predicted molar refractivity (Wildman–Crippen MR) is 124 cm³/mol. The molecule has 0 aliphatic carbocycles. The smallest absolute Gasteiger partial charge is 0.191 e. The van der Waals surface area contributed by atoms with Gasteiger partial charge < -0.3 is 4.57 Å². The molecule has 0 radical (unpaired) electrons. The van der Waals surface area contributed by atoms with Crippen LogP contribution in [0.1, 0.15) is 24.0 Å². The molecule has 0 amide bonds. The summed E-state index contributed by atoms with van der Waals surface area (Å²) >= 11 is 1.71. The van der Waals surface area contributed by atoms with Gasteiger partial charge in [-0.2, -0.15) is 0 Å². The average molecular weight is 411 g/mol. The molecule has 0 saturated heterocycles. The van der Waals surface area contributed by atoms with Crippen molar-refractivity contribution in [1.82, 2.24) is 19.7 Å². The van der Waals surface area contributed by atoms with E-state index in [4.69, 9.17) is 4.98 Å². The summed E-state index contributed by atoms with van der Waals surface area (Å²) in [6, 6.07) is 27.3. The molecule has 30 heavy (non-hydrogen) atoms. The second kappa shape index (κ2) is 8.28. The Bertz CT molecular complexity index is 1310. The van der Waals surface area contributed by atoms with Crippen molar-refractivity contribution in [3.8, 4) is 0 Å². The van der Waals surface area contributed by atoms with Crippen LogP contribution >= 0.6 is 11.8 Å². The van der Waals surface area contributed by atoms with Gasteiger partial charge in [-0.15, -0.1) is 10.2 Å². The lowest BCUT2D eigenvalue weighted by molar-refractivity contribution is 0.651. The van der Waals surface area contributed by atoms with Crippen molar-refractivity contribution in [3.05, 3.63) is 95.9 Å². The summed E-state index contributed by atoms with van der Waals surface area (Å²) in [5.74, 6) is 1.76. The first kappa shape index (κ1) is 18.8. The number of hydrogen-bond donors (Lipinski definition) is 0. The van der Waals surface area contributed by atoms with E-state index in [9.17, 15) is 0 Å². The van der Waals surface area contributed by atoms with Crippen LogP contribution in [0.2, 0.25) is 0 Å². The maximum Gasteiger partial charge on any atom is 0.191 e. The molecular weight excluding hydrogens is 388 g/mol. The Kier molecular flexibility index (Phi) is 5.20. The third-order valence-electron chi connectivity index (χ3n) is 5.34. The van der Waals surface area contributed by atoms with Gasteiger partial charge in [0, 0.05) is 29.5 Å². The van der Waals surface area contributed by atoms with Crippen molar-refractivity contribution in [2.75, 3.05) is 0 Å². The molecule has 2 aromatic heterocycles. The SMILES string of the molecule is CCn1c(Cc2ccccc2)nnc1SCc1nc2ccccc2c2ccccc12. The highest BCUT2D eigenvalue weighted by Crippen LogP contribution is 2.30. The van der Waals surface area contributed by atoms with Crippen LogP contribution in [0, 0.1) is 0 Å². The fourth-order valence-electron chi connectivity index (χ4n) is 3.87. The van der Waals surface area contributed by atoms with Gasteiger partial charge in [-0.3, -0.25) is 4.98 Å². The molecule has 5 rings (SSSR count). The van der Waals surface area contributed by atoms with Gasteiger partial charge in [0.1, 0.15) is 5.82 Å². The molecular formula is C25H22N4S. The van der Waals surface area contributed by atoms with Crippen LogP contribution in [-0.2, 0) is 18.7 Å². The molecule has 0 unspecified atom stereocenters. The third-order valence-corrected chi connectivity index (χ3v) is 6.32. The number of fused-ring (bicyclic) bond motifs is 3. The zero-order valence-electron chi connectivity index (χ0n) is 16.8. The number of hydrogen-bond acceptors (Lipinski definition) is 4. The average Bonchev–Trinajstić information content (AvgIpc) is 3.19. The number of thioether (sulfide) groups is 1. The molecule has 5 aromatic rings. The minimum atomic E-state index is 0.759. The number of nitrogens with zero attached hydrogens (tertiary/aromatic N) is 4. The van der Waals surface area contributed by atoms with Crippen LogP contribution in [0.25, 0.3) is 21.7 Å². The lowest BCUT2D eigenvalue weighted by Crippen LogP contribution is -2.04. The lowest BCUT2D eigenvalue weighted by Gasteiger charge is -2.10. The standard InChI is InChI=1S/C25H22N4S/c1-2-29-24(16-18-10-4-3-5-11-18)27-28-25(29)30-17-23-21-14-7-6-12-19(21)20-13-8-9-15-22(20)26-23/h3-15H,2,16-17H2,1H3. The molecule has 0 N–H and O–H groups in total. The summed E-state index contributed by atoms with van der Waals surface area (Å²) in [6.07, 6.45) is 0.791. The van der Waals surface area contributed by atoms with Crippen molar-refractivity contribution >= 4 is 33.4 Å². The van der Waals surface area contributed by atoms with Gasteiger partial charge >= 0.3 is 0 Å². The highest BCUT2D eigenvalue weighted by molar-refractivity contribution is 7.98. The Labute approximate surface area is 180 Å². The number of aromatic nitrogens is 4. The molecule has 0 fully saturated rings. The molecule has 0 aliphatic heterocycles. The van der Waals surface area contributed by atoms with Crippen LogP contribution in [0.15, 0.2) is 84.0 Å². The van der Waals surface area contributed by atoms with E-state index >= 15 is 0 Å². The lowest BCUT2D eigenvalue weighted by atomic mass is 10.0. The van der Waals surface area contributed by atoms with E-state index < -0.39 is 0 Å². The minimum absolute atomic E-state index is 0.759. The van der Waals surface area contributed by atoms with Gasteiger partial charge in [0.05, 0.1) is 11.2 Å². The number of rotatable bonds is 6. The van der Waals surface area contributed by atoms with E-state index in [1.807, 2.05) is 12.1 Å². The topological polar surface area (TPSA) is 43.6 Å². The summed E-state index contributed by atoms with van der Waals surface area (Å²) in [7, 11) is 0.